The number of hydrogen-bond donors (Lipinski definition) is 1. The van der Waals surface area contributed by atoms with Crippen molar-refractivity contribution in [2.24, 2.45) is 7.05 Å². The number of aryl methyl sites for hydroxylation is 2. The van der Waals surface area contributed by atoms with E-state index < -0.39 is 5.97 Å². The van der Waals surface area contributed by atoms with E-state index in [1.54, 1.807) is 0 Å². The molecular formula is C21H26Br3NO3. The number of nitrogens with zero attached hydrogens (tertiary/aromatic N) is 1. The van der Waals surface area contributed by atoms with Crippen LogP contribution in [-0.2, 0) is 11.8 Å². The summed E-state index contributed by atoms with van der Waals surface area (Å²) in [5.74, 6) is -0.662. The molecule has 7 heteroatoms. The van der Waals surface area contributed by atoms with Gasteiger partial charge in [-0.1, -0.05) is 48.5 Å². The number of rotatable bonds is 8. The van der Waals surface area contributed by atoms with Crippen LogP contribution in [0.4, 0.5) is 0 Å². The minimum atomic E-state index is -0.670. The molecule has 0 bridgehead atoms. The molecule has 28 heavy (non-hydrogen) atoms. The molecule has 0 aliphatic rings. The normalized spacial score (nSPS) is 10.4. The van der Waals surface area contributed by atoms with Crippen LogP contribution in [0, 0.1) is 6.92 Å². The predicted molar refractivity (Wildman–Crippen MR) is 124 cm³/mol. The Labute approximate surface area is 192 Å². The first-order valence-corrected chi connectivity index (χ1v) is 11.6. The van der Waals surface area contributed by atoms with Gasteiger partial charge >= 0.3 is 5.97 Å². The first-order valence-electron chi connectivity index (χ1n) is 9.22. The highest BCUT2D eigenvalue weighted by Crippen LogP contribution is 2.32. The number of carboxylic acids is 1. The molecule has 4 nitrogen and oxygen atoms in total. The average Bonchev–Trinajstić information content (AvgIpc) is 2.96. The lowest BCUT2D eigenvalue weighted by Crippen LogP contribution is -2.09. The van der Waals surface area contributed by atoms with E-state index in [1.807, 2.05) is 42.9 Å². The van der Waals surface area contributed by atoms with Crippen molar-refractivity contribution in [3.63, 3.8) is 0 Å². The van der Waals surface area contributed by atoms with Gasteiger partial charge in [0.05, 0.1) is 5.69 Å². The molecule has 1 N–H and O–H groups in total. The van der Waals surface area contributed by atoms with Gasteiger partial charge in [0, 0.05) is 38.6 Å². The Bertz CT molecular complexity index is 796. The SMILES string of the molecule is CCCCCCCC(=O)O.Cc1ccn(C)c1C(=O)c1cc(Br)cc(Br)c1Br. The third-order valence-corrected chi connectivity index (χ3v) is 6.69. The Kier molecular flexibility index (Phi) is 11.3. The third-order valence-electron chi connectivity index (χ3n) is 4.22. The summed E-state index contributed by atoms with van der Waals surface area (Å²) in [4.78, 5) is 22.6. The van der Waals surface area contributed by atoms with Gasteiger partial charge in [-0.05, 0) is 69.0 Å². The monoisotopic (exact) mass is 577 g/mol. The number of carbonyl (C=O) groups is 2. The maximum Gasteiger partial charge on any atom is 0.303 e. The van der Waals surface area contributed by atoms with Crippen molar-refractivity contribution in [1.29, 1.82) is 0 Å². The Morgan fingerprint density at radius 2 is 1.71 bits per heavy atom. The van der Waals surface area contributed by atoms with Gasteiger partial charge in [0.25, 0.3) is 0 Å². The van der Waals surface area contributed by atoms with Crippen molar-refractivity contribution in [3.05, 3.63) is 54.6 Å². The van der Waals surface area contributed by atoms with Crippen molar-refractivity contribution in [3.8, 4) is 0 Å². The predicted octanol–water partition coefficient (Wildman–Crippen LogP) is 7.28. The molecule has 0 unspecified atom stereocenters. The smallest absolute Gasteiger partial charge is 0.303 e. The molecule has 2 rings (SSSR count). The first-order chi connectivity index (χ1) is 13.2. The quantitative estimate of drug-likeness (QED) is 0.203. The molecule has 0 saturated carbocycles. The van der Waals surface area contributed by atoms with Crippen molar-refractivity contribution in [2.45, 2.75) is 52.4 Å². The lowest BCUT2D eigenvalue weighted by atomic mass is 10.1. The highest BCUT2D eigenvalue weighted by atomic mass is 79.9. The van der Waals surface area contributed by atoms with E-state index in [0.29, 0.717) is 17.7 Å². The minimum Gasteiger partial charge on any atom is -0.481 e. The van der Waals surface area contributed by atoms with Gasteiger partial charge in [0.1, 0.15) is 0 Å². The van der Waals surface area contributed by atoms with Gasteiger partial charge in [-0.2, -0.15) is 0 Å². The van der Waals surface area contributed by atoms with Crippen LogP contribution >= 0.6 is 47.8 Å². The molecule has 0 saturated heterocycles. The van der Waals surface area contributed by atoms with Gasteiger partial charge in [-0.25, -0.2) is 0 Å². The van der Waals surface area contributed by atoms with Crippen LogP contribution in [0.5, 0.6) is 0 Å². The lowest BCUT2D eigenvalue weighted by Gasteiger charge is -2.09. The van der Waals surface area contributed by atoms with E-state index in [-0.39, 0.29) is 5.78 Å². The third kappa shape index (κ3) is 7.84. The summed E-state index contributed by atoms with van der Waals surface area (Å²) >= 11 is 10.3. The summed E-state index contributed by atoms with van der Waals surface area (Å²) in [5.41, 5.74) is 2.33. The summed E-state index contributed by atoms with van der Waals surface area (Å²) in [6, 6.07) is 5.66. The lowest BCUT2D eigenvalue weighted by molar-refractivity contribution is -0.137. The molecule has 1 aromatic heterocycles. The van der Waals surface area contributed by atoms with Crippen LogP contribution < -0.4 is 0 Å². The molecule has 0 aliphatic carbocycles. The van der Waals surface area contributed by atoms with Gasteiger partial charge in [0.15, 0.2) is 0 Å². The summed E-state index contributed by atoms with van der Waals surface area (Å²) < 4.78 is 4.34. The second-order valence-electron chi connectivity index (χ2n) is 6.59. The van der Waals surface area contributed by atoms with Crippen LogP contribution in [-0.4, -0.2) is 21.4 Å². The maximum absolute atomic E-state index is 12.6. The van der Waals surface area contributed by atoms with Crippen LogP contribution in [0.25, 0.3) is 0 Å². The molecule has 1 aromatic carbocycles. The molecule has 1 heterocycles. The molecule has 2 aromatic rings. The highest BCUT2D eigenvalue weighted by Gasteiger charge is 2.19. The number of hydrogen-bond acceptors (Lipinski definition) is 2. The molecular weight excluding hydrogens is 554 g/mol. The fourth-order valence-corrected chi connectivity index (χ4v) is 4.36. The zero-order chi connectivity index (χ0) is 21.3. The zero-order valence-corrected chi connectivity index (χ0v) is 21.2. The summed E-state index contributed by atoms with van der Waals surface area (Å²) in [7, 11) is 1.88. The molecule has 0 spiro atoms. The van der Waals surface area contributed by atoms with E-state index >= 15 is 0 Å². The van der Waals surface area contributed by atoms with Gasteiger partial charge in [-0.3, -0.25) is 9.59 Å². The van der Waals surface area contributed by atoms with E-state index in [9.17, 15) is 9.59 Å². The topological polar surface area (TPSA) is 59.3 Å². The van der Waals surface area contributed by atoms with Crippen LogP contribution in [0.15, 0.2) is 37.8 Å². The fourth-order valence-electron chi connectivity index (χ4n) is 2.72. The number of unbranched alkanes of at least 4 members (excludes halogenated alkanes) is 4. The van der Waals surface area contributed by atoms with Crippen molar-refractivity contribution < 1.29 is 14.7 Å². The molecule has 0 aliphatic heterocycles. The fraction of sp³-hybridized carbons (Fsp3) is 0.429. The molecule has 0 amide bonds. The van der Waals surface area contributed by atoms with E-state index in [1.165, 1.54) is 19.3 Å². The number of carbonyl (C=O) groups excluding carboxylic acids is 1. The average molecular weight is 580 g/mol. The largest absolute Gasteiger partial charge is 0.481 e. The Morgan fingerprint density at radius 3 is 2.25 bits per heavy atom. The second kappa shape index (κ2) is 12.6. The number of aromatic nitrogens is 1. The Hall–Kier alpha value is -0.920. The molecule has 0 atom stereocenters. The summed E-state index contributed by atoms with van der Waals surface area (Å²) in [5, 5.41) is 8.27. The molecule has 0 fully saturated rings. The summed E-state index contributed by atoms with van der Waals surface area (Å²) in [6.45, 7) is 4.09. The van der Waals surface area contributed by atoms with Gasteiger partial charge in [0.2, 0.25) is 5.78 Å². The van der Waals surface area contributed by atoms with Crippen molar-refractivity contribution in [1.82, 2.24) is 4.57 Å². The minimum absolute atomic E-state index is 0.00822. The van der Waals surface area contributed by atoms with Crippen LogP contribution in [0.1, 0.15) is 67.1 Å². The highest BCUT2D eigenvalue weighted by molar-refractivity contribution is 9.13. The van der Waals surface area contributed by atoms with E-state index in [2.05, 4.69) is 54.7 Å². The maximum atomic E-state index is 12.6. The van der Waals surface area contributed by atoms with Crippen molar-refractivity contribution >= 4 is 59.5 Å². The summed E-state index contributed by atoms with van der Waals surface area (Å²) in [6.07, 6.45) is 7.78. The van der Waals surface area contributed by atoms with Crippen molar-refractivity contribution in [2.75, 3.05) is 0 Å². The Morgan fingerprint density at radius 1 is 1.07 bits per heavy atom. The van der Waals surface area contributed by atoms with Gasteiger partial charge in [-0.15, -0.1) is 0 Å². The number of benzene rings is 1. The van der Waals surface area contributed by atoms with Gasteiger partial charge < -0.3 is 9.67 Å². The number of halogens is 3. The van der Waals surface area contributed by atoms with E-state index in [0.717, 1.165) is 31.8 Å². The molecule has 0 radical (unpaired) electrons. The second-order valence-corrected chi connectivity index (χ2v) is 9.16. The van der Waals surface area contributed by atoms with Crippen LogP contribution in [0.3, 0.4) is 0 Å². The van der Waals surface area contributed by atoms with Crippen LogP contribution in [0.2, 0.25) is 0 Å². The number of carboxylic acid groups (broad SMARTS) is 1. The standard InChI is InChI=1S/C13H10Br3NO.C8H16O2/c1-7-3-4-17(2)12(7)13(18)9-5-8(14)6-10(15)11(9)16;1-2-3-4-5-6-7-8(9)10/h3-6H,1-2H3;2-7H2,1H3,(H,9,10). The van der Waals surface area contributed by atoms with E-state index in [4.69, 9.17) is 5.11 Å². The number of aliphatic carboxylic acids is 1. The molecule has 154 valence electrons. The Balaban J connectivity index is 0.000000336. The first kappa shape index (κ1) is 25.1. The zero-order valence-electron chi connectivity index (χ0n) is 16.4. The number of ketones is 1.